The first-order valence-electron chi connectivity index (χ1n) is 8.21. The lowest BCUT2D eigenvalue weighted by Crippen LogP contribution is -2.41. The average Bonchev–Trinajstić information content (AvgIpc) is 2.79. The summed E-state index contributed by atoms with van der Waals surface area (Å²) < 4.78 is 11.1. The minimum Gasteiger partial charge on any atom is -0.491 e. The first kappa shape index (κ1) is 16.7. The lowest BCUT2D eigenvalue weighted by atomic mass is 9.96. The topological polar surface area (TPSA) is 88.1 Å². The van der Waals surface area contributed by atoms with Crippen molar-refractivity contribution in [3.63, 3.8) is 0 Å². The van der Waals surface area contributed by atoms with Crippen LogP contribution < -0.4 is 10.2 Å². The molecule has 7 nitrogen and oxygen atoms in total. The predicted molar refractivity (Wildman–Crippen MR) is 84.9 cm³/mol. The van der Waals surface area contributed by atoms with E-state index in [0.717, 1.165) is 18.4 Å². The van der Waals surface area contributed by atoms with Gasteiger partial charge in [0.1, 0.15) is 12.4 Å². The molecule has 0 radical (unpaired) electrons. The first-order valence-corrected chi connectivity index (χ1v) is 8.21. The van der Waals surface area contributed by atoms with Crippen molar-refractivity contribution in [2.75, 3.05) is 26.4 Å². The Hall–Kier alpha value is -2.12. The van der Waals surface area contributed by atoms with Crippen LogP contribution in [0.2, 0.25) is 0 Å². The summed E-state index contributed by atoms with van der Waals surface area (Å²) in [6.45, 7) is 4.11. The molecule has 0 saturated carbocycles. The van der Waals surface area contributed by atoms with Gasteiger partial charge >= 0.3 is 0 Å². The van der Waals surface area contributed by atoms with E-state index in [-0.39, 0.29) is 17.9 Å². The van der Waals surface area contributed by atoms with Crippen LogP contribution >= 0.6 is 0 Å². The van der Waals surface area contributed by atoms with Crippen LogP contribution in [0, 0.1) is 5.92 Å². The molecule has 2 amide bonds. The number of fused-ring (bicyclic) bond motifs is 1. The van der Waals surface area contributed by atoms with Gasteiger partial charge in [0.05, 0.1) is 12.6 Å². The van der Waals surface area contributed by atoms with Gasteiger partial charge in [-0.2, -0.15) is 0 Å². The predicted octanol–water partition coefficient (Wildman–Crippen LogP) is 1.51. The van der Waals surface area contributed by atoms with Gasteiger partial charge in [0.15, 0.2) is 0 Å². The second-order valence-corrected chi connectivity index (χ2v) is 6.14. The Balaban J connectivity index is 1.83. The number of nitrogens with zero attached hydrogens (tertiary/aromatic N) is 1. The molecule has 0 bridgehead atoms. The molecule has 2 heterocycles. The molecule has 0 aliphatic carbocycles. The van der Waals surface area contributed by atoms with E-state index in [1.54, 1.807) is 23.7 Å². The molecule has 3 rings (SSSR count). The average molecular weight is 334 g/mol. The maximum atomic E-state index is 12.9. The van der Waals surface area contributed by atoms with E-state index in [1.807, 2.05) is 11.8 Å². The number of carbonyl (C=O) groups is 2. The highest BCUT2D eigenvalue weighted by Crippen LogP contribution is 2.34. The zero-order valence-electron chi connectivity index (χ0n) is 13.7. The Bertz CT molecular complexity index is 627. The zero-order valence-corrected chi connectivity index (χ0v) is 13.7. The highest BCUT2D eigenvalue weighted by molar-refractivity contribution is 5.94. The third-order valence-corrected chi connectivity index (χ3v) is 4.74. The Labute approximate surface area is 140 Å². The minimum atomic E-state index is -0.589. The van der Waals surface area contributed by atoms with Gasteiger partial charge in [0.2, 0.25) is 5.91 Å². The number of hydrogen-bond donors (Lipinski definition) is 2. The number of nitrogens with one attached hydrogen (secondary N) is 1. The molecule has 0 spiro atoms. The van der Waals surface area contributed by atoms with Crippen LogP contribution in [-0.4, -0.2) is 48.3 Å². The number of rotatable bonds is 2. The van der Waals surface area contributed by atoms with E-state index in [1.165, 1.54) is 0 Å². The van der Waals surface area contributed by atoms with Crippen molar-refractivity contribution in [3.05, 3.63) is 29.3 Å². The molecule has 2 aliphatic heterocycles. The van der Waals surface area contributed by atoms with Crippen molar-refractivity contribution < 1.29 is 24.3 Å². The molecule has 1 atom stereocenters. The fourth-order valence-corrected chi connectivity index (χ4v) is 3.31. The van der Waals surface area contributed by atoms with Crippen LogP contribution in [0.5, 0.6) is 5.75 Å². The third-order valence-electron chi connectivity index (χ3n) is 4.74. The van der Waals surface area contributed by atoms with Gasteiger partial charge in [-0.05, 0) is 31.9 Å². The van der Waals surface area contributed by atoms with Crippen LogP contribution in [0.4, 0.5) is 0 Å². The third kappa shape index (κ3) is 3.22. The standard InChI is InChI=1S/C17H22N2O5/c1-11-14-3-2-13(16(20)18-22)10-15(14)24-9-6-19(11)17(21)12-4-7-23-8-5-12/h2-3,10-12,22H,4-9H2,1H3,(H,18,20)/t11-/m1/s1. The number of carbonyl (C=O) groups excluding carboxylic acids is 2. The smallest absolute Gasteiger partial charge is 0.274 e. The Morgan fingerprint density at radius 2 is 2.00 bits per heavy atom. The maximum Gasteiger partial charge on any atom is 0.274 e. The van der Waals surface area contributed by atoms with E-state index < -0.39 is 5.91 Å². The SMILES string of the molecule is C[C@@H]1c2ccc(C(=O)NO)cc2OCCN1C(=O)C1CCOCC1. The van der Waals surface area contributed by atoms with E-state index in [9.17, 15) is 9.59 Å². The summed E-state index contributed by atoms with van der Waals surface area (Å²) in [5.74, 6) is 0.126. The molecule has 130 valence electrons. The molecule has 2 aliphatic rings. The highest BCUT2D eigenvalue weighted by Gasteiger charge is 2.32. The summed E-state index contributed by atoms with van der Waals surface area (Å²) in [6, 6.07) is 4.86. The fraction of sp³-hybridized carbons (Fsp3) is 0.529. The van der Waals surface area contributed by atoms with E-state index in [4.69, 9.17) is 14.7 Å². The van der Waals surface area contributed by atoms with E-state index in [2.05, 4.69) is 0 Å². The molecule has 24 heavy (non-hydrogen) atoms. The molecular formula is C17H22N2O5. The lowest BCUT2D eigenvalue weighted by Gasteiger charge is -2.32. The van der Waals surface area contributed by atoms with Crippen molar-refractivity contribution in [3.8, 4) is 5.75 Å². The Kier molecular flexibility index (Phi) is 5.01. The van der Waals surface area contributed by atoms with Crippen LogP contribution in [0.3, 0.4) is 0 Å². The Morgan fingerprint density at radius 3 is 2.71 bits per heavy atom. The van der Waals surface area contributed by atoms with Gasteiger partial charge < -0.3 is 14.4 Å². The summed E-state index contributed by atoms with van der Waals surface area (Å²) in [6.07, 6.45) is 1.51. The quantitative estimate of drug-likeness (QED) is 0.632. The molecule has 2 N–H and O–H groups in total. The van der Waals surface area contributed by atoms with Gasteiger partial charge in [-0.15, -0.1) is 0 Å². The molecule has 1 aromatic carbocycles. The van der Waals surface area contributed by atoms with E-state index in [0.29, 0.717) is 37.7 Å². The van der Waals surface area contributed by atoms with Crippen molar-refractivity contribution in [2.45, 2.75) is 25.8 Å². The monoisotopic (exact) mass is 334 g/mol. The van der Waals surface area contributed by atoms with Crippen LogP contribution in [-0.2, 0) is 9.53 Å². The number of amides is 2. The van der Waals surface area contributed by atoms with Crippen molar-refractivity contribution in [1.29, 1.82) is 0 Å². The molecule has 1 fully saturated rings. The van der Waals surface area contributed by atoms with Gasteiger partial charge in [-0.3, -0.25) is 14.8 Å². The second-order valence-electron chi connectivity index (χ2n) is 6.14. The second kappa shape index (κ2) is 7.19. The summed E-state index contributed by atoms with van der Waals surface area (Å²) in [5.41, 5.74) is 2.79. The number of benzene rings is 1. The van der Waals surface area contributed by atoms with Crippen LogP contribution in [0.1, 0.15) is 41.7 Å². The number of hydroxylamine groups is 1. The van der Waals surface area contributed by atoms with Gasteiger partial charge in [0, 0.05) is 30.3 Å². The largest absolute Gasteiger partial charge is 0.491 e. The minimum absolute atomic E-state index is 0.00203. The maximum absolute atomic E-state index is 12.9. The molecule has 0 unspecified atom stereocenters. The molecule has 1 saturated heterocycles. The van der Waals surface area contributed by atoms with Crippen LogP contribution in [0.25, 0.3) is 0 Å². The molecular weight excluding hydrogens is 312 g/mol. The summed E-state index contributed by atoms with van der Waals surface area (Å²) in [7, 11) is 0. The van der Waals surface area contributed by atoms with Crippen molar-refractivity contribution >= 4 is 11.8 Å². The fourth-order valence-electron chi connectivity index (χ4n) is 3.31. The number of hydrogen-bond acceptors (Lipinski definition) is 5. The van der Waals surface area contributed by atoms with Gasteiger partial charge in [-0.25, -0.2) is 5.48 Å². The lowest BCUT2D eigenvalue weighted by molar-refractivity contribution is -0.140. The molecule has 1 aromatic rings. The van der Waals surface area contributed by atoms with Crippen molar-refractivity contribution in [1.82, 2.24) is 10.4 Å². The number of ether oxygens (including phenoxy) is 2. The summed E-state index contributed by atoms with van der Waals surface area (Å²) in [5, 5.41) is 8.76. The van der Waals surface area contributed by atoms with E-state index >= 15 is 0 Å². The van der Waals surface area contributed by atoms with Crippen molar-refractivity contribution in [2.24, 2.45) is 5.92 Å². The van der Waals surface area contributed by atoms with Crippen LogP contribution in [0.15, 0.2) is 18.2 Å². The summed E-state index contributed by atoms with van der Waals surface area (Å²) >= 11 is 0. The Morgan fingerprint density at radius 1 is 1.25 bits per heavy atom. The first-order chi connectivity index (χ1) is 11.6. The van der Waals surface area contributed by atoms with Gasteiger partial charge in [0.25, 0.3) is 5.91 Å². The molecule has 0 aromatic heterocycles. The summed E-state index contributed by atoms with van der Waals surface area (Å²) in [4.78, 5) is 26.3. The highest BCUT2D eigenvalue weighted by atomic mass is 16.5. The van der Waals surface area contributed by atoms with Gasteiger partial charge in [-0.1, -0.05) is 6.07 Å². The zero-order chi connectivity index (χ0) is 17.1. The normalized spacial score (nSPS) is 21.4. The molecule has 7 heteroatoms.